The van der Waals surface area contributed by atoms with Gasteiger partial charge in [-0.25, -0.2) is 0 Å². The number of terminal acetylenes is 1. The highest BCUT2D eigenvalue weighted by atomic mass is 28.4. The molecule has 3 heteroatoms. The second-order valence-electron chi connectivity index (χ2n) is 6.49. The van der Waals surface area contributed by atoms with Gasteiger partial charge in [0.05, 0.1) is 6.10 Å². The normalized spacial score (nSPS) is 18.3. The predicted molar refractivity (Wildman–Crippen MR) is 76.3 cm³/mol. The summed E-state index contributed by atoms with van der Waals surface area (Å²) in [5.74, 6) is 2.54. The molecule has 0 saturated carbocycles. The lowest BCUT2D eigenvalue weighted by Crippen LogP contribution is -2.43. The lowest BCUT2D eigenvalue weighted by molar-refractivity contribution is 0.0567. The van der Waals surface area contributed by atoms with Crippen molar-refractivity contribution in [1.82, 2.24) is 0 Å². The summed E-state index contributed by atoms with van der Waals surface area (Å²) >= 11 is 0. The zero-order valence-corrected chi connectivity index (χ0v) is 13.4. The molecule has 2 nitrogen and oxygen atoms in total. The van der Waals surface area contributed by atoms with E-state index in [0.717, 1.165) is 0 Å². The summed E-state index contributed by atoms with van der Waals surface area (Å²) in [6.45, 7) is 15.5. The number of hydrogen-bond acceptors (Lipinski definition) is 2. The summed E-state index contributed by atoms with van der Waals surface area (Å²) in [6, 6.07) is 0. The van der Waals surface area contributed by atoms with Gasteiger partial charge >= 0.3 is 0 Å². The molecule has 0 radical (unpaired) electrons. The molecule has 0 aliphatic carbocycles. The second-order valence-corrected chi connectivity index (χ2v) is 11.3. The van der Waals surface area contributed by atoms with E-state index in [4.69, 9.17) is 10.8 Å². The first kappa shape index (κ1) is 16.7. The Morgan fingerprint density at radius 3 is 2.12 bits per heavy atom. The molecular weight excluding hydrogens is 228 g/mol. The quantitative estimate of drug-likeness (QED) is 0.604. The van der Waals surface area contributed by atoms with E-state index >= 15 is 0 Å². The Morgan fingerprint density at radius 2 is 1.76 bits per heavy atom. The highest BCUT2D eigenvalue weighted by Gasteiger charge is 2.37. The Morgan fingerprint density at radius 1 is 1.29 bits per heavy atom. The molecule has 0 saturated heterocycles. The minimum atomic E-state index is -1.72. The van der Waals surface area contributed by atoms with Crippen LogP contribution in [0.3, 0.4) is 0 Å². The Balaban J connectivity index is 4.35. The van der Waals surface area contributed by atoms with Crippen LogP contribution in [-0.2, 0) is 4.43 Å². The minimum absolute atomic E-state index is 0.0789. The van der Waals surface area contributed by atoms with Crippen LogP contribution in [-0.4, -0.2) is 26.1 Å². The summed E-state index contributed by atoms with van der Waals surface area (Å²) in [6.07, 6.45) is 4.84. The topological polar surface area (TPSA) is 29.5 Å². The Hall–Kier alpha value is -0.303. The molecule has 0 heterocycles. The molecule has 0 rings (SSSR count). The fraction of sp³-hybridized carbons (Fsp3) is 0.857. The van der Waals surface area contributed by atoms with Crippen molar-refractivity contribution < 1.29 is 9.53 Å². The third kappa shape index (κ3) is 4.83. The second kappa shape index (κ2) is 6.04. The molecule has 17 heavy (non-hydrogen) atoms. The Bertz CT molecular complexity index is 273. The van der Waals surface area contributed by atoms with Gasteiger partial charge in [-0.15, -0.1) is 12.3 Å². The van der Waals surface area contributed by atoms with Crippen molar-refractivity contribution in [2.75, 3.05) is 6.61 Å². The molecule has 0 bridgehead atoms. The Labute approximate surface area is 108 Å². The number of aliphatic hydroxyl groups excluding tert-OH is 1. The number of rotatable bonds is 5. The van der Waals surface area contributed by atoms with Crippen LogP contribution in [0.25, 0.3) is 0 Å². The van der Waals surface area contributed by atoms with Gasteiger partial charge in [-0.05, 0) is 25.1 Å². The maximum atomic E-state index is 9.98. The molecule has 0 amide bonds. The van der Waals surface area contributed by atoms with Crippen molar-refractivity contribution >= 4 is 8.32 Å². The molecule has 100 valence electrons. The summed E-state index contributed by atoms with van der Waals surface area (Å²) < 4.78 is 6.08. The first-order valence-electron chi connectivity index (χ1n) is 6.31. The van der Waals surface area contributed by atoms with E-state index in [1.807, 2.05) is 13.8 Å². The molecule has 0 spiro atoms. The number of aliphatic hydroxyl groups is 1. The van der Waals surface area contributed by atoms with Crippen molar-refractivity contribution in [2.24, 2.45) is 11.8 Å². The van der Waals surface area contributed by atoms with Crippen molar-refractivity contribution in [3.8, 4) is 12.3 Å². The zero-order chi connectivity index (χ0) is 13.9. The van der Waals surface area contributed by atoms with Gasteiger partial charge in [-0.1, -0.05) is 27.7 Å². The fourth-order valence-electron chi connectivity index (χ4n) is 1.25. The molecule has 0 aromatic carbocycles. The van der Waals surface area contributed by atoms with Crippen LogP contribution >= 0.6 is 0 Å². The molecule has 0 aliphatic rings. The van der Waals surface area contributed by atoms with Crippen LogP contribution in [0.1, 0.15) is 34.6 Å². The average Bonchev–Trinajstić information content (AvgIpc) is 2.22. The first-order valence-corrected chi connectivity index (χ1v) is 9.22. The van der Waals surface area contributed by atoms with E-state index in [1.54, 1.807) is 0 Å². The molecule has 0 aromatic heterocycles. The van der Waals surface area contributed by atoms with Gasteiger partial charge in [0.1, 0.15) is 0 Å². The van der Waals surface area contributed by atoms with E-state index in [-0.39, 0.29) is 16.9 Å². The molecule has 0 aromatic rings. The van der Waals surface area contributed by atoms with Crippen LogP contribution in [0.2, 0.25) is 18.1 Å². The molecule has 0 fully saturated rings. The molecule has 0 unspecified atom stereocenters. The van der Waals surface area contributed by atoms with Gasteiger partial charge < -0.3 is 9.53 Å². The van der Waals surface area contributed by atoms with Crippen molar-refractivity contribution in [1.29, 1.82) is 0 Å². The van der Waals surface area contributed by atoms with Gasteiger partial charge in [0.2, 0.25) is 0 Å². The minimum Gasteiger partial charge on any atom is -0.416 e. The average molecular weight is 256 g/mol. The van der Waals surface area contributed by atoms with Crippen LogP contribution < -0.4 is 0 Å². The van der Waals surface area contributed by atoms with Crippen LogP contribution in [0.4, 0.5) is 0 Å². The van der Waals surface area contributed by atoms with E-state index in [0.29, 0.717) is 6.61 Å². The molecule has 3 atom stereocenters. The molecular formula is C14H28O2Si. The maximum absolute atomic E-state index is 9.98. The third-order valence-electron chi connectivity index (χ3n) is 3.87. The zero-order valence-electron chi connectivity index (χ0n) is 12.4. The van der Waals surface area contributed by atoms with E-state index in [2.05, 4.69) is 39.8 Å². The smallest absolute Gasteiger partial charge is 0.191 e. The van der Waals surface area contributed by atoms with E-state index in [1.165, 1.54) is 0 Å². The Kier molecular flexibility index (Phi) is 5.93. The van der Waals surface area contributed by atoms with E-state index < -0.39 is 14.4 Å². The lowest BCUT2D eigenvalue weighted by Gasteiger charge is -2.37. The summed E-state index contributed by atoms with van der Waals surface area (Å²) in [5.41, 5.74) is 0. The van der Waals surface area contributed by atoms with Gasteiger partial charge in [0.15, 0.2) is 8.32 Å². The first-order chi connectivity index (χ1) is 7.53. The SMILES string of the molecule is C#C[C@H](C)[C@H](O)[C@@H](C)CO[Si](C)(C)C(C)(C)C. The van der Waals surface area contributed by atoms with Gasteiger partial charge in [0.25, 0.3) is 0 Å². The standard InChI is InChI=1S/C14H28O2Si/c1-9-11(2)13(15)12(3)10-16-17(7,8)14(4,5)6/h1,11-13,15H,10H2,2-8H3/t11-,12-,13-/m0/s1. The summed E-state index contributed by atoms with van der Waals surface area (Å²) in [4.78, 5) is 0. The largest absolute Gasteiger partial charge is 0.416 e. The lowest BCUT2D eigenvalue weighted by atomic mass is 9.95. The van der Waals surface area contributed by atoms with Crippen molar-refractivity contribution in [2.45, 2.75) is 58.9 Å². The predicted octanol–water partition coefficient (Wildman–Crippen LogP) is 3.27. The van der Waals surface area contributed by atoms with Crippen molar-refractivity contribution in [3.05, 3.63) is 0 Å². The summed E-state index contributed by atoms with van der Waals surface area (Å²) in [7, 11) is -1.72. The van der Waals surface area contributed by atoms with Crippen LogP contribution in [0, 0.1) is 24.2 Å². The fourth-order valence-corrected chi connectivity index (χ4v) is 2.36. The van der Waals surface area contributed by atoms with Crippen LogP contribution in [0.5, 0.6) is 0 Å². The number of hydrogen-bond donors (Lipinski definition) is 1. The monoisotopic (exact) mass is 256 g/mol. The maximum Gasteiger partial charge on any atom is 0.191 e. The third-order valence-corrected chi connectivity index (χ3v) is 8.37. The molecule has 0 aliphatic heterocycles. The summed E-state index contributed by atoms with van der Waals surface area (Å²) in [5, 5.41) is 10.2. The van der Waals surface area contributed by atoms with Gasteiger partial charge in [-0.3, -0.25) is 0 Å². The highest BCUT2D eigenvalue weighted by Crippen LogP contribution is 2.36. The van der Waals surface area contributed by atoms with Gasteiger partial charge in [0, 0.05) is 18.4 Å². The van der Waals surface area contributed by atoms with Crippen molar-refractivity contribution in [3.63, 3.8) is 0 Å². The van der Waals surface area contributed by atoms with Crippen LogP contribution in [0.15, 0.2) is 0 Å². The van der Waals surface area contributed by atoms with E-state index in [9.17, 15) is 5.11 Å². The molecule has 1 N–H and O–H groups in total. The van der Waals surface area contributed by atoms with Gasteiger partial charge in [-0.2, -0.15) is 0 Å². The highest BCUT2D eigenvalue weighted by molar-refractivity contribution is 6.74.